The highest BCUT2D eigenvalue weighted by atomic mass is 19.3. The number of ether oxygens (including phenoxy) is 1. The van der Waals surface area contributed by atoms with Crippen molar-refractivity contribution >= 4 is 17.9 Å². The number of carbonyl (C=O) groups is 2. The van der Waals surface area contributed by atoms with Crippen LogP contribution in [0.1, 0.15) is 18.1 Å². The molecule has 142 valence electrons. The molecule has 2 N–H and O–H groups in total. The smallest absolute Gasteiger partial charge is 0.387 e. The van der Waals surface area contributed by atoms with Crippen LogP contribution in [-0.4, -0.2) is 24.5 Å². The van der Waals surface area contributed by atoms with Crippen LogP contribution in [0.2, 0.25) is 0 Å². The van der Waals surface area contributed by atoms with E-state index in [4.69, 9.17) is 0 Å². The first-order valence-corrected chi connectivity index (χ1v) is 8.30. The maximum Gasteiger partial charge on any atom is 0.387 e. The number of hydrogen-bond acceptors (Lipinski definition) is 3. The van der Waals surface area contributed by atoms with Crippen LogP contribution in [0.25, 0.3) is 6.08 Å². The highest BCUT2D eigenvalue weighted by Gasteiger charge is 2.14. The van der Waals surface area contributed by atoms with Crippen molar-refractivity contribution in [2.24, 2.45) is 0 Å². The molecule has 7 heteroatoms. The predicted molar refractivity (Wildman–Crippen MR) is 98.0 cm³/mol. The van der Waals surface area contributed by atoms with Crippen molar-refractivity contribution in [3.05, 3.63) is 71.8 Å². The Morgan fingerprint density at radius 3 is 2.44 bits per heavy atom. The summed E-state index contributed by atoms with van der Waals surface area (Å²) in [7, 11) is 0. The second-order valence-corrected chi connectivity index (χ2v) is 5.68. The summed E-state index contributed by atoms with van der Waals surface area (Å²) < 4.78 is 29.2. The summed E-state index contributed by atoms with van der Waals surface area (Å²) in [6.07, 6.45) is 2.51. The molecular formula is C20H20F2N2O3. The van der Waals surface area contributed by atoms with E-state index in [-0.39, 0.29) is 11.7 Å². The van der Waals surface area contributed by atoms with Gasteiger partial charge in [0.2, 0.25) is 11.8 Å². The Labute approximate surface area is 156 Å². The van der Waals surface area contributed by atoms with Crippen molar-refractivity contribution in [2.75, 3.05) is 0 Å². The third-order valence-electron chi connectivity index (χ3n) is 3.61. The zero-order valence-electron chi connectivity index (χ0n) is 14.7. The molecule has 1 unspecified atom stereocenters. The van der Waals surface area contributed by atoms with Crippen molar-refractivity contribution in [3.63, 3.8) is 0 Å². The van der Waals surface area contributed by atoms with Gasteiger partial charge in [0.15, 0.2) is 0 Å². The van der Waals surface area contributed by atoms with E-state index >= 15 is 0 Å². The van der Waals surface area contributed by atoms with Gasteiger partial charge in [0.25, 0.3) is 0 Å². The van der Waals surface area contributed by atoms with E-state index in [1.54, 1.807) is 19.1 Å². The lowest BCUT2D eigenvalue weighted by atomic mass is 10.2. The van der Waals surface area contributed by atoms with Crippen molar-refractivity contribution in [3.8, 4) is 5.75 Å². The zero-order valence-corrected chi connectivity index (χ0v) is 14.7. The fourth-order valence-corrected chi connectivity index (χ4v) is 2.25. The SMILES string of the molecule is CC(NC(=O)/C=C/c1ccccc1OC(F)F)C(=O)NCc1ccccc1. The van der Waals surface area contributed by atoms with Crippen LogP contribution in [0, 0.1) is 0 Å². The molecular weight excluding hydrogens is 354 g/mol. The summed E-state index contributed by atoms with van der Waals surface area (Å²) >= 11 is 0. The molecule has 0 aliphatic heterocycles. The molecule has 1 atom stereocenters. The Balaban J connectivity index is 1.87. The first-order chi connectivity index (χ1) is 13.0. The fraction of sp³-hybridized carbons (Fsp3) is 0.200. The first kappa shape index (κ1) is 20.1. The van der Waals surface area contributed by atoms with E-state index in [0.717, 1.165) is 11.6 Å². The minimum Gasteiger partial charge on any atom is -0.434 e. The Bertz CT molecular complexity index is 795. The molecule has 0 aromatic heterocycles. The van der Waals surface area contributed by atoms with Crippen LogP contribution in [0.3, 0.4) is 0 Å². The molecule has 27 heavy (non-hydrogen) atoms. The van der Waals surface area contributed by atoms with Gasteiger partial charge in [-0.1, -0.05) is 48.5 Å². The Morgan fingerprint density at radius 1 is 1.07 bits per heavy atom. The van der Waals surface area contributed by atoms with Crippen LogP contribution in [0.5, 0.6) is 5.75 Å². The van der Waals surface area contributed by atoms with Gasteiger partial charge in [0.1, 0.15) is 11.8 Å². The number of amides is 2. The summed E-state index contributed by atoms with van der Waals surface area (Å²) in [5, 5.41) is 5.25. The van der Waals surface area contributed by atoms with Crippen molar-refractivity contribution in [2.45, 2.75) is 26.1 Å². The number of para-hydroxylation sites is 1. The highest BCUT2D eigenvalue weighted by Crippen LogP contribution is 2.21. The molecule has 0 aliphatic rings. The third-order valence-corrected chi connectivity index (χ3v) is 3.61. The first-order valence-electron chi connectivity index (χ1n) is 8.30. The van der Waals surface area contributed by atoms with Gasteiger partial charge >= 0.3 is 6.61 Å². The standard InChI is InChI=1S/C20H20F2N2O3/c1-14(19(26)23-13-15-7-3-2-4-8-15)24-18(25)12-11-16-9-5-6-10-17(16)27-20(21)22/h2-12,14,20H,13H2,1H3,(H,23,26)(H,24,25)/b12-11+. The van der Waals surface area contributed by atoms with Crippen LogP contribution >= 0.6 is 0 Å². The van der Waals surface area contributed by atoms with E-state index in [1.165, 1.54) is 18.2 Å². The van der Waals surface area contributed by atoms with E-state index in [2.05, 4.69) is 15.4 Å². The lowest BCUT2D eigenvalue weighted by Crippen LogP contribution is -2.44. The summed E-state index contributed by atoms with van der Waals surface area (Å²) in [5.74, 6) is -0.892. The monoisotopic (exact) mass is 374 g/mol. The zero-order chi connectivity index (χ0) is 19.6. The average molecular weight is 374 g/mol. The molecule has 0 bridgehead atoms. The molecule has 5 nitrogen and oxygen atoms in total. The third kappa shape index (κ3) is 6.89. The maximum atomic E-state index is 12.4. The van der Waals surface area contributed by atoms with E-state index in [9.17, 15) is 18.4 Å². The summed E-state index contributed by atoms with van der Waals surface area (Å²) in [6.45, 7) is -1.05. The number of benzene rings is 2. The van der Waals surface area contributed by atoms with Crippen LogP contribution < -0.4 is 15.4 Å². The normalized spacial score (nSPS) is 12.0. The van der Waals surface area contributed by atoms with Gasteiger partial charge in [-0.3, -0.25) is 9.59 Å². The summed E-state index contributed by atoms with van der Waals surface area (Å²) in [6, 6.07) is 14.7. The molecule has 2 aromatic rings. The van der Waals surface area contributed by atoms with Crippen molar-refractivity contribution in [1.29, 1.82) is 0 Å². The minimum atomic E-state index is -2.96. The van der Waals surface area contributed by atoms with Gasteiger partial charge in [-0.05, 0) is 24.6 Å². The van der Waals surface area contributed by atoms with E-state index in [1.807, 2.05) is 30.3 Å². The molecule has 0 saturated carbocycles. The van der Waals surface area contributed by atoms with Crippen molar-refractivity contribution in [1.82, 2.24) is 10.6 Å². The molecule has 2 aromatic carbocycles. The Morgan fingerprint density at radius 2 is 1.74 bits per heavy atom. The molecule has 0 heterocycles. The number of halogens is 2. The Hall–Kier alpha value is -3.22. The molecule has 2 rings (SSSR count). The van der Waals surface area contributed by atoms with Crippen LogP contribution in [0.15, 0.2) is 60.7 Å². The molecule has 0 radical (unpaired) electrons. The van der Waals surface area contributed by atoms with Gasteiger partial charge in [-0.15, -0.1) is 0 Å². The maximum absolute atomic E-state index is 12.4. The number of hydrogen-bond donors (Lipinski definition) is 2. The number of rotatable bonds is 8. The lowest BCUT2D eigenvalue weighted by Gasteiger charge is -2.13. The topological polar surface area (TPSA) is 67.4 Å². The van der Waals surface area contributed by atoms with Gasteiger partial charge in [-0.25, -0.2) is 0 Å². The predicted octanol–water partition coefficient (Wildman–Crippen LogP) is 3.12. The molecule has 2 amide bonds. The second-order valence-electron chi connectivity index (χ2n) is 5.68. The molecule has 0 aliphatic carbocycles. The molecule has 0 fully saturated rings. The van der Waals surface area contributed by atoms with Crippen molar-refractivity contribution < 1.29 is 23.1 Å². The molecule has 0 spiro atoms. The number of carbonyl (C=O) groups excluding carboxylic acids is 2. The number of nitrogens with one attached hydrogen (secondary N) is 2. The van der Waals surface area contributed by atoms with E-state index < -0.39 is 18.6 Å². The summed E-state index contributed by atoms with van der Waals surface area (Å²) in [5.41, 5.74) is 1.27. The highest BCUT2D eigenvalue weighted by molar-refractivity contribution is 5.95. The van der Waals surface area contributed by atoms with Gasteiger partial charge in [0.05, 0.1) is 0 Å². The average Bonchev–Trinajstić information content (AvgIpc) is 2.65. The van der Waals surface area contributed by atoms with Gasteiger partial charge in [0, 0.05) is 18.2 Å². The Kier molecular flexibility index (Phi) is 7.49. The fourth-order valence-electron chi connectivity index (χ4n) is 2.25. The largest absolute Gasteiger partial charge is 0.434 e. The van der Waals surface area contributed by atoms with Gasteiger partial charge in [-0.2, -0.15) is 8.78 Å². The van der Waals surface area contributed by atoms with Crippen LogP contribution in [-0.2, 0) is 16.1 Å². The summed E-state index contributed by atoms with van der Waals surface area (Å²) in [4.78, 5) is 24.0. The quantitative estimate of drug-likeness (QED) is 0.698. The number of alkyl halides is 2. The van der Waals surface area contributed by atoms with Gasteiger partial charge < -0.3 is 15.4 Å². The lowest BCUT2D eigenvalue weighted by molar-refractivity contribution is -0.126. The van der Waals surface area contributed by atoms with E-state index in [0.29, 0.717) is 12.1 Å². The minimum absolute atomic E-state index is 0.0368. The molecule has 0 saturated heterocycles. The second kappa shape index (κ2) is 10.1. The van der Waals surface area contributed by atoms with Crippen LogP contribution in [0.4, 0.5) is 8.78 Å².